The van der Waals surface area contributed by atoms with Crippen LogP contribution in [0.15, 0.2) is 4.99 Å². The molecule has 0 aromatic heterocycles. The molecule has 0 bridgehead atoms. The lowest BCUT2D eigenvalue weighted by atomic mass is 10.1. The second-order valence-corrected chi connectivity index (χ2v) is 6.24. The van der Waals surface area contributed by atoms with Gasteiger partial charge in [0.25, 0.3) is 0 Å². The summed E-state index contributed by atoms with van der Waals surface area (Å²) in [7, 11) is 1.86. The molecule has 0 amide bonds. The second-order valence-electron chi connectivity index (χ2n) is 6.24. The summed E-state index contributed by atoms with van der Waals surface area (Å²) < 4.78 is 0. The van der Waals surface area contributed by atoms with Gasteiger partial charge in [0.2, 0.25) is 0 Å². The van der Waals surface area contributed by atoms with Crippen LogP contribution in [0.1, 0.15) is 39.0 Å². The Morgan fingerprint density at radius 1 is 1.20 bits per heavy atom. The Morgan fingerprint density at radius 3 is 2.50 bits per heavy atom. The molecule has 5 heteroatoms. The van der Waals surface area contributed by atoms with Crippen molar-refractivity contribution >= 4 is 29.9 Å². The number of aliphatic imine (C=N–C) groups is 1. The first-order valence-corrected chi connectivity index (χ1v) is 7.95. The molecule has 1 atom stereocenters. The number of hydrogen-bond acceptors (Lipinski definition) is 2. The minimum Gasteiger partial charge on any atom is -0.356 e. The molecular weight excluding hydrogens is 363 g/mol. The van der Waals surface area contributed by atoms with Gasteiger partial charge in [-0.05, 0) is 50.6 Å². The van der Waals surface area contributed by atoms with E-state index in [1.807, 2.05) is 7.05 Å². The van der Waals surface area contributed by atoms with Crippen molar-refractivity contribution in [2.75, 3.05) is 39.8 Å². The molecule has 118 valence electrons. The molecule has 0 spiro atoms. The lowest BCUT2D eigenvalue weighted by Gasteiger charge is -2.29. The monoisotopic (exact) mass is 394 g/mol. The van der Waals surface area contributed by atoms with Crippen LogP contribution in [-0.2, 0) is 0 Å². The summed E-state index contributed by atoms with van der Waals surface area (Å²) in [6.45, 7) is 8.22. The van der Waals surface area contributed by atoms with Gasteiger partial charge >= 0.3 is 0 Å². The second kappa shape index (κ2) is 9.82. The van der Waals surface area contributed by atoms with E-state index in [2.05, 4.69) is 27.4 Å². The van der Waals surface area contributed by atoms with Crippen molar-refractivity contribution in [2.24, 2.45) is 16.8 Å². The Balaban J connectivity index is 0.00000200. The van der Waals surface area contributed by atoms with E-state index in [0.29, 0.717) is 5.92 Å². The zero-order chi connectivity index (χ0) is 13.5. The predicted molar refractivity (Wildman–Crippen MR) is 97.0 cm³/mol. The number of nitrogens with zero attached hydrogens (tertiary/aromatic N) is 2. The van der Waals surface area contributed by atoms with Crippen LogP contribution >= 0.6 is 24.0 Å². The summed E-state index contributed by atoms with van der Waals surface area (Å²) in [5, 5.41) is 6.87. The molecule has 2 N–H and O–H groups in total. The van der Waals surface area contributed by atoms with Crippen molar-refractivity contribution in [3.8, 4) is 0 Å². The van der Waals surface area contributed by atoms with E-state index in [4.69, 9.17) is 0 Å². The van der Waals surface area contributed by atoms with Gasteiger partial charge in [-0.3, -0.25) is 4.99 Å². The van der Waals surface area contributed by atoms with Crippen LogP contribution in [0.25, 0.3) is 0 Å². The molecule has 2 fully saturated rings. The number of hydrogen-bond donors (Lipinski definition) is 2. The van der Waals surface area contributed by atoms with Crippen molar-refractivity contribution < 1.29 is 0 Å². The maximum atomic E-state index is 4.29. The maximum Gasteiger partial charge on any atom is 0.190 e. The molecule has 1 aliphatic heterocycles. The Hall–Kier alpha value is -0.0400. The van der Waals surface area contributed by atoms with E-state index in [1.165, 1.54) is 51.7 Å². The Kier molecular flexibility index (Phi) is 8.84. The number of piperidine rings is 1. The first kappa shape index (κ1) is 18.0. The van der Waals surface area contributed by atoms with E-state index in [0.717, 1.165) is 25.0 Å². The third-order valence-corrected chi connectivity index (χ3v) is 4.12. The summed E-state index contributed by atoms with van der Waals surface area (Å²) in [5.41, 5.74) is 0. The molecule has 0 aromatic rings. The standard InChI is InChI=1S/C15H30N4.HI/c1-13(12-19-8-4-3-5-9-19)10-17-15(16-2)18-11-14-6-7-14;/h13-14H,3-12H2,1-2H3,(H2,16,17,18);1H. The summed E-state index contributed by atoms with van der Waals surface area (Å²) in [4.78, 5) is 6.89. The zero-order valence-electron chi connectivity index (χ0n) is 13.0. The van der Waals surface area contributed by atoms with Gasteiger partial charge in [-0.25, -0.2) is 0 Å². The van der Waals surface area contributed by atoms with Crippen LogP contribution in [0.2, 0.25) is 0 Å². The molecule has 2 rings (SSSR count). The van der Waals surface area contributed by atoms with E-state index >= 15 is 0 Å². The van der Waals surface area contributed by atoms with Crippen LogP contribution in [0, 0.1) is 11.8 Å². The van der Waals surface area contributed by atoms with Gasteiger partial charge < -0.3 is 15.5 Å². The van der Waals surface area contributed by atoms with E-state index in [1.54, 1.807) is 0 Å². The van der Waals surface area contributed by atoms with Gasteiger partial charge in [0.05, 0.1) is 0 Å². The highest BCUT2D eigenvalue weighted by Gasteiger charge is 2.21. The van der Waals surface area contributed by atoms with Crippen molar-refractivity contribution in [3.05, 3.63) is 0 Å². The van der Waals surface area contributed by atoms with Crippen LogP contribution in [0.5, 0.6) is 0 Å². The summed E-state index contributed by atoms with van der Waals surface area (Å²) >= 11 is 0. The minimum absolute atomic E-state index is 0. The third-order valence-electron chi connectivity index (χ3n) is 4.12. The number of halogens is 1. The predicted octanol–water partition coefficient (Wildman–Crippen LogP) is 2.30. The maximum absolute atomic E-state index is 4.29. The first-order valence-electron chi connectivity index (χ1n) is 7.95. The lowest BCUT2D eigenvalue weighted by Crippen LogP contribution is -2.42. The van der Waals surface area contributed by atoms with Crippen LogP contribution < -0.4 is 10.6 Å². The van der Waals surface area contributed by atoms with Gasteiger partial charge in [-0.15, -0.1) is 24.0 Å². The molecule has 1 unspecified atom stereocenters. The molecule has 4 nitrogen and oxygen atoms in total. The van der Waals surface area contributed by atoms with Gasteiger partial charge in [-0.2, -0.15) is 0 Å². The average molecular weight is 394 g/mol. The topological polar surface area (TPSA) is 39.7 Å². The van der Waals surface area contributed by atoms with Crippen molar-refractivity contribution in [3.63, 3.8) is 0 Å². The molecule has 1 saturated carbocycles. The Morgan fingerprint density at radius 2 is 1.90 bits per heavy atom. The molecule has 2 aliphatic rings. The van der Waals surface area contributed by atoms with E-state index < -0.39 is 0 Å². The number of nitrogens with one attached hydrogen (secondary N) is 2. The van der Waals surface area contributed by atoms with Crippen molar-refractivity contribution in [1.29, 1.82) is 0 Å². The van der Waals surface area contributed by atoms with Gasteiger partial charge in [0, 0.05) is 26.7 Å². The summed E-state index contributed by atoms with van der Waals surface area (Å²) in [6, 6.07) is 0. The SMILES string of the molecule is CN=C(NCC(C)CN1CCCCC1)NCC1CC1.I. The summed E-state index contributed by atoms with van der Waals surface area (Å²) in [6.07, 6.45) is 6.95. The number of likely N-dealkylation sites (tertiary alicyclic amines) is 1. The fourth-order valence-corrected chi connectivity index (χ4v) is 2.70. The molecule has 1 saturated heterocycles. The quantitative estimate of drug-likeness (QED) is 0.413. The minimum atomic E-state index is 0. The number of rotatable bonds is 6. The fourth-order valence-electron chi connectivity index (χ4n) is 2.70. The van der Waals surface area contributed by atoms with E-state index in [9.17, 15) is 0 Å². The van der Waals surface area contributed by atoms with Crippen molar-refractivity contribution in [1.82, 2.24) is 15.5 Å². The highest BCUT2D eigenvalue weighted by atomic mass is 127. The highest BCUT2D eigenvalue weighted by molar-refractivity contribution is 14.0. The fraction of sp³-hybridized carbons (Fsp3) is 0.933. The van der Waals surface area contributed by atoms with Crippen LogP contribution in [0.4, 0.5) is 0 Å². The van der Waals surface area contributed by atoms with Gasteiger partial charge in [0.15, 0.2) is 5.96 Å². The van der Waals surface area contributed by atoms with Crippen LogP contribution in [-0.4, -0.2) is 50.6 Å². The molecule has 20 heavy (non-hydrogen) atoms. The van der Waals surface area contributed by atoms with Gasteiger partial charge in [-0.1, -0.05) is 13.3 Å². The Labute approximate surface area is 141 Å². The van der Waals surface area contributed by atoms with Crippen molar-refractivity contribution in [2.45, 2.75) is 39.0 Å². The largest absolute Gasteiger partial charge is 0.356 e. The first-order chi connectivity index (χ1) is 9.28. The third kappa shape index (κ3) is 7.11. The number of guanidine groups is 1. The van der Waals surface area contributed by atoms with Gasteiger partial charge in [0.1, 0.15) is 0 Å². The Bertz CT molecular complexity index is 286. The van der Waals surface area contributed by atoms with E-state index in [-0.39, 0.29) is 24.0 Å². The zero-order valence-corrected chi connectivity index (χ0v) is 15.4. The highest BCUT2D eigenvalue weighted by Crippen LogP contribution is 2.27. The molecule has 1 heterocycles. The summed E-state index contributed by atoms with van der Waals surface area (Å²) in [5.74, 6) is 2.54. The smallest absolute Gasteiger partial charge is 0.190 e. The molecule has 1 aliphatic carbocycles. The molecular formula is C15H31IN4. The lowest BCUT2D eigenvalue weighted by molar-refractivity contribution is 0.201. The van der Waals surface area contributed by atoms with Crippen LogP contribution in [0.3, 0.4) is 0 Å². The molecule has 0 aromatic carbocycles. The normalized spacial score (nSPS) is 22.0. The average Bonchev–Trinajstić information content (AvgIpc) is 3.24. The molecule has 0 radical (unpaired) electrons.